The Hall–Kier alpha value is -2.82. The largest absolute Gasteiger partial charge is 0.372 e. The molecule has 3 aromatic rings. The lowest BCUT2D eigenvalue weighted by atomic mass is 9.96. The highest BCUT2D eigenvalue weighted by molar-refractivity contribution is 5.49. The number of hydrogen-bond acceptors (Lipinski definition) is 1. The van der Waals surface area contributed by atoms with Gasteiger partial charge in [0.1, 0.15) is 6.10 Å². The summed E-state index contributed by atoms with van der Waals surface area (Å²) in [5, 5.41) is 0. The van der Waals surface area contributed by atoms with E-state index >= 15 is 0 Å². The van der Waals surface area contributed by atoms with Gasteiger partial charge in [-0.05, 0) is 23.8 Å². The molecule has 0 bridgehead atoms. The second-order valence-electron chi connectivity index (χ2n) is 5.23. The van der Waals surface area contributed by atoms with Crippen molar-refractivity contribution in [1.82, 2.24) is 0 Å². The van der Waals surface area contributed by atoms with Gasteiger partial charge in [0.15, 0.2) is 0 Å². The van der Waals surface area contributed by atoms with E-state index < -0.39 is 0 Å². The molecule has 1 nitrogen and oxygen atoms in total. The summed E-state index contributed by atoms with van der Waals surface area (Å²) in [6, 6.07) is 28.4. The van der Waals surface area contributed by atoms with Crippen molar-refractivity contribution in [1.29, 1.82) is 0 Å². The highest BCUT2D eigenvalue weighted by Crippen LogP contribution is 2.27. The van der Waals surface area contributed by atoms with Gasteiger partial charge in [-0.3, -0.25) is 0 Å². The lowest BCUT2D eigenvalue weighted by molar-refractivity contribution is 0.136. The number of benzene rings is 3. The Morgan fingerprint density at radius 3 is 2.00 bits per heavy atom. The van der Waals surface area contributed by atoms with Crippen LogP contribution in [0.5, 0.6) is 0 Å². The molecule has 3 rings (SSSR count). The standard InChI is InChI=1S/C22H18O/c1-23-22(20-13-6-3-7-14-20)21-15-9-8-12-19(21)17-16-18-10-4-2-5-11-18/h2-15,22H,1H3. The first-order valence-electron chi connectivity index (χ1n) is 7.62. The summed E-state index contributed by atoms with van der Waals surface area (Å²) >= 11 is 0. The van der Waals surface area contributed by atoms with Gasteiger partial charge in [0.2, 0.25) is 0 Å². The molecule has 112 valence electrons. The number of hydrogen-bond donors (Lipinski definition) is 0. The van der Waals surface area contributed by atoms with Crippen LogP contribution in [0.15, 0.2) is 84.9 Å². The Labute approximate surface area is 137 Å². The molecule has 1 unspecified atom stereocenters. The summed E-state index contributed by atoms with van der Waals surface area (Å²) in [6.07, 6.45) is -0.113. The maximum absolute atomic E-state index is 5.75. The van der Waals surface area contributed by atoms with Crippen molar-refractivity contribution in [3.63, 3.8) is 0 Å². The van der Waals surface area contributed by atoms with Gasteiger partial charge in [0, 0.05) is 23.8 Å². The van der Waals surface area contributed by atoms with Crippen molar-refractivity contribution in [2.75, 3.05) is 7.11 Å². The second kappa shape index (κ2) is 7.45. The highest BCUT2D eigenvalue weighted by Gasteiger charge is 2.15. The summed E-state index contributed by atoms with van der Waals surface area (Å²) in [5.41, 5.74) is 4.22. The Balaban J connectivity index is 1.99. The first-order valence-corrected chi connectivity index (χ1v) is 7.62. The zero-order valence-corrected chi connectivity index (χ0v) is 13.1. The molecule has 0 aliphatic rings. The van der Waals surface area contributed by atoms with Gasteiger partial charge in [0.25, 0.3) is 0 Å². The quantitative estimate of drug-likeness (QED) is 0.630. The molecule has 0 saturated carbocycles. The number of rotatable bonds is 3. The topological polar surface area (TPSA) is 9.23 Å². The summed E-state index contributed by atoms with van der Waals surface area (Å²) in [4.78, 5) is 0. The fourth-order valence-electron chi connectivity index (χ4n) is 2.57. The lowest BCUT2D eigenvalue weighted by Crippen LogP contribution is -2.05. The molecule has 3 aromatic carbocycles. The highest BCUT2D eigenvalue weighted by atomic mass is 16.5. The number of ether oxygens (including phenoxy) is 1. The second-order valence-corrected chi connectivity index (χ2v) is 5.23. The van der Waals surface area contributed by atoms with E-state index in [0.717, 1.165) is 22.3 Å². The molecule has 0 fully saturated rings. The van der Waals surface area contributed by atoms with E-state index in [9.17, 15) is 0 Å². The Morgan fingerprint density at radius 2 is 1.30 bits per heavy atom. The lowest BCUT2D eigenvalue weighted by Gasteiger charge is -2.17. The minimum atomic E-state index is -0.113. The third-order valence-corrected chi connectivity index (χ3v) is 3.70. The van der Waals surface area contributed by atoms with Crippen LogP contribution in [0.1, 0.15) is 28.4 Å². The van der Waals surface area contributed by atoms with Crippen molar-refractivity contribution < 1.29 is 4.74 Å². The van der Waals surface area contributed by atoms with E-state index in [4.69, 9.17) is 4.74 Å². The van der Waals surface area contributed by atoms with E-state index in [1.54, 1.807) is 7.11 Å². The average molecular weight is 298 g/mol. The van der Waals surface area contributed by atoms with Gasteiger partial charge in [0.05, 0.1) is 0 Å². The van der Waals surface area contributed by atoms with E-state index in [2.05, 4.69) is 30.0 Å². The van der Waals surface area contributed by atoms with Crippen LogP contribution in [0.2, 0.25) is 0 Å². The van der Waals surface area contributed by atoms with Crippen LogP contribution in [0.3, 0.4) is 0 Å². The minimum absolute atomic E-state index is 0.113. The molecular weight excluding hydrogens is 280 g/mol. The predicted octanol–water partition coefficient (Wildman–Crippen LogP) is 4.82. The zero-order valence-electron chi connectivity index (χ0n) is 13.1. The van der Waals surface area contributed by atoms with Crippen LogP contribution in [0.25, 0.3) is 0 Å². The van der Waals surface area contributed by atoms with E-state index in [1.165, 1.54) is 0 Å². The molecule has 1 heteroatoms. The smallest absolute Gasteiger partial charge is 0.108 e. The van der Waals surface area contributed by atoms with E-state index in [1.807, 2.05) is 66.7 Å². The summed E-state index contributed by atoms with van der Waals surface area (Å²) in [5.74, 6) is 6.51. The fraction of sp³-hybridized carbons (Fsp3) is 0.0909. The van der Waals surface area contributed by atoms with Crippen LogP contribution in [-0.4, -0.2) is 7.11 Å². The first kappa shape index (κ1) is 15.1. The Morgan fingerprint density at radius 1 is 0.696 bits per heavy atom. The molecule has 0 N–H and O–H groups in total. The molecule has 0 heterocycles. The Kier molecular flexibility index (Phi) is 4.88. The van der Waals surface area contributed by atoms with Gasteiger partial charge in [-0.1, -0.05) is 78.6 Å². The van der Waals surface area contributed by atoms with Gasteiger partial charge < -0.3 is 4.74 Å². The van der Waals surface area contributed by atoms with E-state index in [0.29, 0.717) is 0 Å². The summed E-state index contributed by atoms with van der Waals surface area (Å²) < 4.78 is 5.75. The first-order chi connectivity index (χ1) is 11.4. The van der Waals surface area contributed by atoms with Crippen LogP contribution in [-0.2, 0) is 4.74 Å². The Bertz CT molecular complexity index is 811. The van der Waals surface area contributed by atoms with Gasteiger partial charge >= 0.3 is 0 Å². The molecule has 0 radical (unpaired) electrons. The van der Waals surface area contributed by atoms with Gasteiger partial charge in [-0.25, -0.2) is 0 Å². The van der Waals surface area contributed by atoms with Crippen molar-refractivity contribution in [3.8, 4) is 11.8 Å². The third-order valence-electron chi connectivity index (χ3n) is 3.70. The van der Waals surface area contributed by atoms with Crippen molar-refractivity contribution in [2.24, 2.45) is 0 Å². The van der Waals surface area contributed by atoms with E-state index in [-0.39, 0.29) is 6.10 Å². The van der Waals surface area contributed by atoms with Gasteiger partial charge in [-0.15, -0.1) is 0 Å². The van der Waals surface area contributed by atoms with Crippen molar-refractivity contribution in [2.45, 2.75) is 6.10 Å². The molecular formula is C22H18O. The summed E-state index contributed by atoms with van der Waals surface area (Å²) in [6.45, 7) is 0. The fourth-order valence-corrected chi connectivity index (χ4v) is 2.57. The third kappa shape index (κ3) is 3.69. The van der Waals surface area contributed by atoms with Crippen molar-refractivity contribution >= 4 is 0 Å². The van der Waals surface area contributed by atoms with Gasteiger partial charge in [-0.2, -0.15) is 0 Å². The molecule has 0 spiro atoms. The normalized spacial score (nSPS) is 11.3. The summed E-state index contributed by atoms with van der Waals surface area (Å²) in [7, 11) is 1.74. The van der Waals surface area contributed by atoms with Crippen molar-refractivity contribution in [3.05, 3.63) is 107 Å². The maximum atomic E-state index is 5.75. The SMILES string of the molecule is COC(c1ccccc1)c1ccccc1C#Cc1ccccc1. The minimum Gasteiger partial charge on any atom is -0.372 e. The molecule has 0 amide bonds. The zero-order chi connectivity index (χ0) is 15.9. The monoisotopic (exact) mass is 298 g/mol. The van der Waals surface area contributed by atoms with Crippen LogP contribution < -0.4 is 0 Å². The predicted molar refractivity (Wildman–Crippen MR) is 94.2 cm³/mol. The maximum Gasteiger partial charge on any atom is 0.108 e. The number of methoxy groups -OCH3 is 1. The molecule has 0 aliphatic carbocycles. The molecule has 23 heavy (non-hydrogen) atoms. The molecule has 0 aliphatic heterocycles. The van der Waals surface area contributed by atoms with Crippen LogP contribution in [0.4, 0.5) is 0 Å². The van der Waals surface area contributed by atoms with Crippen LogP contribution in [0, 0.1) is 11.8 Å². The van der Waals surface area contributed by atoms with Crippen LogP contribution >= 0.6 is 0 Å². The average Bonchev–Trinajstić information content (AvgIpc) is 2.63. The molecule has 1 atom stereocenters. The molecule has 0 saturated heterocycles. The molecule has 0 aromatic heterocycles.